The van der Waals surface area contributed by atoms with Gasteiger partial charge in [-0.2, -0.15) is 13.2 Å². The number of hydrazine groups is 1. The minimum Gasteiger partial charge on any atom is -0.303 e. The molecule has 1 aliphatic carbocycles. The lowest BCUT2D eigenvalue weighted by atomic mass is 10.2. The lowest BCUT2D eigenvalue weighted by molar-refractivity contribution is -0.0436. The molecule has 1 aliphatic rings. The maximum atomic E-state index is 12.9. The molecule has 1 saturated carbocycles. The quantitative estimate of drug-likeness (QED) is 0.317. The molecule has 0 aromatic heterocycles. The van der Waals surface area contributed by atoms with Crippen molar-refractivity contribution in [3.63, 3.8) is 0 Å². The highest BCUT2D eigenvalue weighted by Crippen LogP contribution is 2.31. The van der Waals surface area contributed by atoms with Crippen LogP contribution in [-0.2, 0) is 19.9 Å². The molecule has 0 aliphatic heterocycles. The van der Waals surface area contributed by atoms with Crippen molar-refractivity contribution in [2.24, 2.45) is 0 Å². The van der Waals surface area contributed by atoms with Gasteiger partial charge < -0.3 is 4.90 Å². The summed E-state index contributed by atoms with van der Waals surface area (Å²) in [5.74, 6) is 0.535. The van der Waals surface area contributed by atoms with Gasteiger partial charge in [-0.1, -0.05) is 24.3 Å². The first-order valence-electron chi connectivity index (χ1n) is 10.5. The van der Waals surface area contributed by atoms with E-state index in [1.54, 1.807) is 0 Å². The van der Waals surface area contributed by atoms with E-state index in [2.05, 4.69) is 15.2 Å². The smallest absolute Gasteiger partial charge is 0.303 e. The Balaban J connectivity index is 1.70. The molecule has 0 amide bonds. The summed E-state index contributed by atoms with van der Waals surface area (Å²) in [5, 5.41) is 0. The van der Waals surface area contributed by atoms with Gasteiger partial charge in [-0.25, -0.2) is 22.3 Å². The topological polar surface area (TPSA) is 95.6 Å². The molecule has 188 valence electrons. The Morgan fingerprint density at radius 3 is 2.29 bits per heavy atom. The first-order chi connectivity index (χ1) is 15.9. The van der Waals surface area contributed by atoms with Gasteiger partial charge in [-0.3, -0.25) is 0 Å². The number of halogens is 3. The summed E-state index contributed by atoms with van der Waals surface area (Å²) in [6, 6.07) is 13.0. The van der Waals surface area contributed by atoms with Gasteiger partial charge in [0.2, 0.25) is 0 Å². The van der Waals surface area contributed by atoms with E-state index in [9.17, 15) is 30.0 Å². The number of thioether (sulfide) groups is 1. The molecule has 2 aromatic carbocycles. The summed E-state index contributed by atoms with van der Waals surface area (Å²) >= 11 is 1.54. The van der Waals surface area contributed by atoms with Gasteiger partial charge in [-0.05, 0) is 63.2 Å². The zero-order valence-electron chi connectivity index (χ0n) is 18.3. The van der Waals surface area contributed by atoms with Gasteiger partial charge in [0.25, 0.3) is 19.9 Å². The lowest BCUT2D eigenvalue weighted by Crippen LogP contribution is -2.46. The normalized spacial score (nSPS) is 16.0. The number of rotatable bonds is 12. The Hall–Kier alpha value is -1.64. The van der Waals surface area contributed by atoms with E-state index in [1.165, 1.54) is 11.8 Å². The molecule has 1 atom stereocenters. The highest BCUT2D eigenvalue weighted by molar-refractivity contribution is 7.99. The van der Waals surface area contributed by atoms with Crippen LogP contribution in [0.4, 0.5) is 13.2 Å². The monoisotopic (exact) mass is 537 g/mol. The molecule has 13 heteroatoms. The number of benzene rings is 2. The molecule has 0 bridgehead atoms. The van der Waals surface area contributed by atoms with Gasteiger partial charge in [0.05, 0.1) is 9.79 Å². The molecular weight excluding hydrogens is 511 g/mol. The Morgan fingerprint density at radius 2 is 1.68 bits per heavy atom. The van der Waals surface area contributed by atoms with Crippen molar-refractivity contribution in [3.05, 3.63) is 54.6 Å². The predicted octanol–water partition coefficient (Wildman–Crippen LogP) is 3.41. The van der Waals surface area contributed by atoms with Crippen LogP contribution >= 0.6 is 11.8 Å². The third kappa shape index (κ3) is 7.18. The molecule has 7 nitrogen and oxygen atoms in total. The third-order valence-electron chi connectivity index (χ3n) is 5.32. The second kappa shape index (κ2) is 11.0. The number of hydrogen-bond acceptors (Lipinski definition) is 7. The van der Waals surface area contributed by atoms with E-state index in [1.807, 2.05) is 37.4 Å². The highest BCUT2D eigenvalue weighted by Gasteiger charge is 2.47. The molecule has 1 fully saturated rings. The van der Waals surface area contributed by atoms with Gasteiger partial charge in [0.1, 0.15) is 0 Å². The molecular formula is C21H26F3N3O4S3. The third-order valence-corrected chi connectivity index (χ3v) is 9.24. The van der Waals surface area contributed by atoms with E-state index in [-0.39, 0.29) is 6.04 Å². The predicted molar refractivity (Wildman–Crippen MR) is 124 cm³/mol. The number of hydrogen-bond donors (Lipinski definition) is 2. The van der Waals surface area contributed by atoms with Crippen LogP contribution in [0.25, 0.3) is 0 Å². The SMILES string of the molecule is CN(CC[C@H](CSc1ccccc1)NNS(=O)(=O)c1cccc(S(=O)(=O)C(F)(F)F)c1)C1CC1. The summed E-state index contributed by atoms with van der Waals surface area (Å²) in [4.78, 5) is 3.71. The van der Waals surface area contributed by atoms with Crippen LogP contribution in [0.15, 0.2) is 69.3 Å². The van der Waals surface area contributed by atoms with Crippen LogP contribution in [0.5, 0.6) is 0 Å². The standard InChI is InChI=1S/C21H26F3N3O4S3/c1-27(17-10-11-17)13-12-16(15-32-18-6-3-2-4-7-18)25-26-34(30,31)20-9-5-8-19(14-20)33(28,29)21(22,23)24/h2-9,14,16-17,25-26H,10-13,15H2,1H3/t16-/m1/s1. The van der Waals surface area contributed by atoms with Crippen molar-refractivity contribution in [2.75, 3.05) is 19.3 Å². The van der Waals surface area contributed by atoms with Crippen LogP contribution in [-0.4, -0.2) is 58.7 Å². The fourth-order valence-electron chi connectivity index (χ4n) is 3.13. The molecule has 34 heavy (non-hydrogen) atoms. The van der Waals surface area contributed by atoms with E-state index >= 15 is 0 Å². The van der Waals surface area contributed by atoms with Gasteiger partial charge in [-0.15, -0.1) is 16.6 Å². The van der Waals surface area contributed by atoms with Crippen LogP contribution in [0, 0.1) is 0 Å². The van der Waals surface area contributed by atoms with E-state index in [4.69, 9.17) is 0 Å². The van der Waals surface area contributed by atoms with Crippen molar-refractivity contribution >= 4 is 31.6 Å². The largest absolute Gasteiger partial charge is 0.501 e. The van der Waals surface area contributed by atoms with Crippen molar-refractivity contribution in [1.29, 1.82) is 0 Å². The van der Waals surface area contributed by atoms with Gasteiger partial charge in [0, 0.05) is 22.7 Å². The zero-order valence-corrected chi connectivity index (χ0v) is 20.8. The Morgan fingerprint density at radius 1 is 1.03 bits per heavy atom. The fourth-order valence-corrected chi connectivity index (χ4v) is 5.98. The summed E-state index contributed by atoms with van der Waals surface area (Å²) in [5.41, 5.74) is -2.76. The number of sulfonamides is 1. The number of nitrogens with zero attached hydrogens (tertiary/aromatic N) is 1. The van der Waals surface area contributed by atoms with E-state index < -0.39 is 35.2 Å². The van der Waals surface area contributed by atoms with Crippen molar-refractivity contribution in [1.82, 2.24) is 15.2 Å². The zero-order chi connectivity index (χ0) is 25.0. The van der Waals surface area contributed by atoms with Crippen molar-refractivity contribution in [3.8, 4) is 0 Å². The minimum absolute atomic E-state index is 0.289. The average Bonchev–Trinajstić information content (AvgIpc) is 3.64. The maximum Gasteiger partial charge on any atom is 0.501 e. The number of sulfone groups is 1. The van der Waals surface area contributed by atoms with Gasteiger partial charge >= 0.3 is 5.51 Å². The molecule has 0 heterocycles. The lowest BCUT2D eigenvalue weighted by Gasteiger charge is -2.23. The first-order valence-corrected chi connectivity index (χ1v) is 14.4. The molecule has 0 unspecified atom stereocenters. The van der Waals surface area contributed by atoms with Gasteiger partial charge in [0.15, 0.2) is 0 Å². The minimum atomic E-state index is -5.67. The van der Waals surface area contributed by atoms with E-state index in [0.717, 1.165) is 36.4 Å². The second-order valence-corrected chi connectivity index (χ2v) is 12.7. The van der Waals surface area contributed by atoms with Crippen molar-refractivity contribution < 1.29 is 30.0 Å². The maximum absolute atomic E-state index is 12.9. The molecule has 2 aromatic rings. The van der Waals surface area contributed by atoms with E-state index in [0.29, 0.717) is 30.3 Å². The molecule has 0 saturated heterocycles. The molecule has 3 rings (SSSR count). The highest BCUT2D eigenvalue weighted by atomic mass is 32.2. The second-order valence-electron chi connectivity index (χ2n) is 8.00. The molecule has 0 spiro atoms. The molecule has 0 radical (unpaired) electrons. The Bertz CT molecular complexity index is 1170. The number of nitrogens with one attached hydrogen (secondary N) is 2. The van der Waals surface area contributed by atoms with Crippen LogP contribution < -0.4 is 10.3 Å². The number of alkyl halides is 3. The Labute approximate surface area is 202 Å². The average molecular weight is 538 g/mol. The summed E-state index contributed by atoms with van der Waals surface area (Å²) in [7, 11) is -7.99. The van der Waals surface area contributed by atoms with Crippen molar-refractivity contribution in [2.45, 2.75) is 51.5 Å². The van der Waals surface area contributed by atoms with Crippen LogP contribution in [0.1, 0.15) is 19.3 Å². The summed E-state index contributed by atoms with van der Waals surface area (Å²) in [6.45, 7) is 0.735. The Kier molecular flexibility index (Phi) is 8.69. The van der Waals surface area contributed by atoms with Crippen LogP contribution in [0.3, 0.4) is 0 Å². The first kappa shape index (κ1) is 27.0. The summed E-state index contributed by atoms with van der Waals surface area (Å²) in [6.07, 6.45) is 2.90. The fraction of sp³-hybridized carbons (Fsp3) is 0.429. The summed E-state index contributed by atoms with van der Waals surface area (Å²) < 4.78 is 87.4. The van der Waals surface area contributed by atoms with Crippen LogP contribution in [0.2, 0.25) is 0 Å². The molecule has 2 N–H and O–H groups in total.